The quantitative estimate of drug-likeness (QED) is 0.818. The lowest BCUT2D eigenvalue weighted by molar-refractivity contribution is -0.139. The number of carboxylic acids is 1. The number of carbonyl (C=O) groups excluding carboxylic acids is 1. The third-order valence-corrected chi connectivity index (χ3v) is 3.49. The zero-order valence-electron chi connectivity index (χ0n) is 12.0. The molecule has 1 heterocycles. The predicted octanol–water partition coefficient (Wildman–Crippen LogP) is 1.26. The fourth-order valence-corrected chi connectivity index (χ4v) is 2.17. The number of carboxylic acid groups (broad SMARTS) is 1. The Kier molecular flexibility index (Phi) is 6.08. The van der Waals surface area contributed by atoms with Gasteiger partial charge in [-0.25, -0.2) is 4.79 Å². The van der Waals surface area contributed by atoms with E-state index in [1.807, 2.05) is 0 Å². The van der Waals surface area contributed by atoms with Crippen LogP contribution in [0, 0.1) is 5.92 Å². The Labute approximate surface area is 114 Å². The number of hydrogen-bond donors (Lipinski definition) is 1. The van der Waals surface area contributed by atoms with Crippen LogP contribution in [0.1, 0.15) is 26.7 Å². The van der Waals surface area contributed by atoms with Crippen LogP contribution in [0.3, 0.4) is 0 Å². The number of nitrogens with zero attached hydrogens (tertiary/aromatic N) is 2. The summed E-state index contributed by atoms with van der Waals surface area (Å²) in [6, 6.07) is -0.465. The van der Waals surface area contributed by atoms with E-state index in [9.17, 15) is 9.59 Å². The van der Waals surface area contributed by atoms with E-state index in [0.29, 0.717) is 32.2 Å². The number of hydrogen-bond acceptors (Lipinski definition) is 3. The van der Waals surface area contributed by atoms with Crippen molar-refractivity contribution >= 4 is 12.0 Å². The molecule has 1 aliphatic rings. The topological polar surface area (TPSA) is 70.1 Å². The van der Waals surface area contributed by atoms with E-state index in [1.54, 1.807) is 16.8 Å². The summed E-state index contributed by atoms with van der Waals surface area (Å²) in [6.07, 6.45) is 0.947. The van der Waals surface area contributed by atoms with Crippen LogP contribution < -0.4 is 0 Å². The van der Waals surface area contributed by atoms with Crippen molar-refractivity contribution in [2.24, 2.45) is 5.92 Å². The molecule has 0 radical (unpaired) electrons. The van der Waals surface area contributed by atoms with Crippen LogP contribution in [0.15, 0.2) is 0 Å². The molecule has 1 rings (SSSR count). The van der Waals surface area contributed by atoms with Gasteiger partial charge in [-0.3, -0.25) is 4.79 Å². The summed E-state index contributed by atoms with van der Waals surface area (Å²) < 4.78 is 5.27. The Morgan fingerprint density at radius 3 is 2.79 bits per heavy atom. The lowest BCUT2D eigenvalue weighted by atomic mass is 10.1. The highest BCUT2D eigenvalue weighted by Gasteiger charge is 2.31. The summed E-state index contributed by atoms with van der Waals surface area (Å²) in [7, 11) is 1.77. The average Bonchev–Trinajstić information content (AvgIpc) is 2.37. The van der Waals surface area contributed by atoms with E-state index in [-0.39, 0.29) is 18.5 Å². The summed E-state index contributed by atoms with van der Waals surface area (Å²) in [5.74, 6) is -0.467. The van der Waals surface area contributed by atoms with Crippen molar-refractivity contribution in [3.05, 3.63) is 0 Å². The molecule has 1 saturated heterocycles. The summed E-state index contributed by atoms with van der Waals surface area (Å²) in [4.78, 5) is 26.5. The van der Waals surface area contributed by atoms with Crippen molar-refractivity contribution in [2.75, 3.05) is 33.4 Å². The van der Waals surface area contributed by atoms with Crippen molar-refractivity contribution in [1.29, 1.82) is 0 Å². The van der Waals surface area contributed by atoms with E-state index >= 15 is 0 Å². The molecule has 19 heavy (non-hydrogen) atoms. The van der Waals surface area contributed by atoms with Gasteiger partial charge in [-0.1, -0.05) is 20.3 Å². The van der Waals surface area contributed by atoms with Crippen LogP contribution in [0.2, 0.25) is 0 Å². The third-order valence-electron chi connectivity index (χ3n) is 3.49. The molecular weight excluding hydrogens is 248 g/mol. The molecule has 0 saturated carbocycles. The number of ether oxygens (including phenoxy) is 1. The fourth-order valence-electron chi connectivity index (χ4n) is 2.17. The molecule has 0 spiro atoms. The smallest absolute Gasteiger partial charge is 0.320 e. The van der Waals surface area contributed by atoms with Gasteiger partial charge in [0.2, 0.25) is 0 Å². The predicted molar refractivity (Wildman–Crippen MR) is 71.0 cm³/mol. The lowest BCUT2D eigenvalue weighted by Gasteiger charge is -2.37. The average molecular weight is 272 g/mol. The molecule has 2 atom stereocenters. The summed E-state index contributed by atoms with van der Waals surface area (Å²) in [6.45, 7) is 6.10. The molecule has 2 unspecified atom stereocenters. The maximum atomic E-state index is 12.3. The summed E-state index contributed by atoms with van der Waals surface area (Å²) in [5.41, 5.74) is 0. The molecule has 0 bridgehead atoms. The van der Waals surface area contributed by atoms with Crippen molar-refractivity contribution in [3.8, 4) is 0 Å². The first-order chi connectivity index (χ1) is 8.95. The van der Waals surface area contributed by atoms with Crippen molar-refractivity contribution in [2.45, 2.75) is 32.7 Å². The highest BCUT2D eigenvalue weighted by Crippen LogP contribution is 2.14. The Morgan fingerprint density at radius 1 is 1.53 bits per heavy atom. The number of morpholine rings is 1. The van der Waals surface area contributed by atoms with Crippen molar-refractivity contribution in [1.82, 2.24) is 9.80 Å². The minimum atomic E-state index is -0.905. The minimum Gasteiger partial charge on any atom is -0.481 e. The zero-order chi connectivity index (χ0) is 14.4. The molecule has 6 heteroatoms. The molecular formula is C13H24N2O4. The minimum absolute atomic E-state index is 0.0666. The molecule has 0 aliphatic carbocycles. The lowest BCUT2D eigenvalue weighted by Crippen LogP contribution is -2.54. The van der Waals surface area contributed by atoms with E-state index in [1.165, 1.54) is 0 Å². The number of amides is 2. The van der Waals surface area contributed by atoms with Crippen LogP contribution in [0.25, 0.3) is 0 Å². The number of rotatable bonds is 5. The standard InChI is InChI=1S/C13H24N2O4/c1-4-10(2)8-14(3)13(18)15-5-6-19-9-11(15)7-12(16)17/h10-11H,4-9H2,1-3H3,(H,16,17). The largest absolute Gasteiger partial charge is 0.481 e. The van der Waals surface area contributed by atoms with Gasteiger partial charge in [0.15, 0.2) is 0 Å². The molecule has 0 aromatic carbocycles. The second-order valence-electron chi connectivity index (χ2n) is 5.20. The molecule has 1 N–H and O–H groups in total. The molecule has 1 aliphatic heterocycles. The molecule has 0 aromatic rings. The van der Waals surface area contributed by atoms with Gasteiger partial charge in [-0.2, -0.15) is 0 Å². The van der Waals surface area contributed by atoms with Gasteiger partial charge in [0.1, 0.15) is 0 Å². The molecule has 2 amide bonds. The van der Waals surface area contributed by atoms with Crippen LogP contribution in [-0.4, -0.2) is 66.3 Å². The molecule has 1 fully saturated rings. The second kappa shape index (κ2) is 7.33. The van der Waals surface area contributed by atoms with E-state index in [0.717, 1.165) is 6.42 Å². The first kappa shape index (κ1) is 15.8. The van der Waals surface area contributed by atoms with Crippen LogP contribution in [0.5, 0.6) is 0 Å². The Balaban J connectivity index is 2.63. The second-order valence-corrected chi connectivity index (χ2v) is 5.20. The Hall–Kier alpha value is -1.30. The number of aliphatic carboxylic acids is 1. The first-order valence-electron chi connectivity index (χ1n) is 6.77. The maximum absolute atomic E-state index is 12.3. The third kappa shape index (κ3) is 4.70. The molecule has 6 nitrogen and oxygen atoms in total. The van der Waals surface area contributed by atoms with Gasteiger partial charge >= 0.3 is 12.0 Å². The fraction of sp³-hybridized carbons (Fsp3) is 0.846. The van der Waals surface area contributed by atoms with Gasteiger partial charge in [-0.05, 0) is 5.92 Å². The normalized spacial score (nSPS) is 21.0. The number of carbonyl (C=O) groups is 2. The van der Waals surface area contributed by atoms with E-state index < -0.39 is 5.97 Å². The van der Waals surface area contributed by atoms with Gasteiger partial charge in [-0.15, -0.1) is 0 Å². The van der Waals surface area contributed by atoms with Gasteiger partial charge in [0.25, 0.3) is 0 Å². The highest BCUT2D eigenvalue weighted by molar-refractivity contribution is 5.76. The Morgan fingerprint density at radius 2 is 2.21 bits per heavy atom. The van der Waals surface area contributed by atoms with Crippen LogP contribution >= 0.6 is 0 Å². The van der Waals surface area contributed by atoms with Crippen LogP contribution in [-0.2, 0) is 9.53 Å². The van der Waals surface area contributed by atoms with Crippen molar-refractivity contribution in [3.63, 3.8) is 0 Å². The Bertz CT molecular complexity index is 322. The van der Waals surface area contributed by atoms with Crippen LogP contribution in [0.4, 0.5) is 4.79 Å². The highest BCUT2D eigenvalue weighted by atomic mass is 16.5. The summed E-state index contributed by atoms with van der Waals surface area (Å²) >= 11 is 0. The zero-order valence-corrected chi connectivity index (χ0v) is 12.0. The summed E-state index contributed by atoms with van der Waals surface area (Å²) in [5, 5.41) is 8.88. The SMILES string of the molecule is CCC(C)CN(C)C(=O)N1CCOCC1CC(=O)O. The molecule has 0 aromatic heterocycles. The monoisotopic (exact) mass is 272 g/mol. The van der Waals surface area contributed by atoms with Gasteiger partial charge < -0.3 is 19.6 Å². The van der Waals surface area contributed by atoms with Gasteiger partial charge in [0.05, 0.1) is 25.7 Å². The first-order valence-corrected chi connectivity index (χ1v) is 6.77. The van der Waals surface area contributed by atoms with Crippen molar-refractivity contribution < 1.29 is 19.4 Å². The number of urea groups is 1. The van der Waals surface area contributed by atoms with Gasteiger partial charge in [0, 0.05) is 20.1 Å². The maximum Gasteiger partial charge on any atom is 0.320 e. The van der Waals surface area contributed by atoms with E-state index in [2.05, 4.69) is 13.8 Å². The van der Waals surface area contributed by atoms with E-state index in [4.69, 9.17) is 9.84 Å². The molecule has 110 valence electrons.